The maximum absolute atomic E-state index is 9.44. The first-order valence-corrected chi connectivity index (χ1v) is 5.05. The number of aliphatic hydroxyl groups excluding tert-OH is 4. The molecule has 4 N–H and O–H groups in total. The van der Waals surface area contributed by atoms with E-state index in [4.69, 9.17) is 20.4 Å². The zero-order valence-corrected chi connectivity index (χ0v) is 10.4. The average molecular weight is 239 g/mol. The van der Waals surface area contributed by atoms with Gasteiger partial charge in [-0.25, -0.2) is 0 Å². The van der Waals surface area contributed by atoms with E-state index in [1.165, 1.54) is 13.8 Å². The summed E-state index contributed by atoms with van der Waals surface area (Å²) in [6, 6.07) is 0. The lowest BCUT2D eigenvalue weighted by molar-refractivity contribution is -0.114. The van der Waals surface area contributed by atoms with Gasteiger partial charge >= 0.3 is 0 Å². The molecule has 0 amide bonds. The predicted molar refractivity (Wildman–Crippen MR) is 62.2 cm³/mol. The Morgan fingerprint density at radius 3 is 1.19 bits per heavy atom. The summed E-state index contributed by atoms with van der Waals surface area (Å²) in [7, 11) is 1.00. The van der Waals surface area contributed by atoms with Crippen LogP contribution in [0.4, 0.5) is 0 Å². The summed E-state index contributed by atoms with van der Waals surface area (Å²) in [4.78, 5) is 11.2. The average Bonchev–Trinajstić information content (AvgIpc) is 2.21. The molecule has 0 aromatic heterocycles. The van der Waals surface area contributed by atoms with Gasteiger partial charge in [-0.1, -0.05) is 0 Å². The third kappa shape index (κ3) is 29.2. The van der Waals surface area contributed by atoms with Gasteiger partial charge in [0.15, 0.2) is 0 Å². The van der Waals surface area contributed by atoms with Crippen molar-refractivity contribution >= 4 is 5.78 Å². The van der Waals surface area contributed by atoms with Crippen molar-refractivity contribution in [3.05, 3.63) is 0 Å². The van der Waals surface area contributed by atoms with Crippen LogP contribution < -0.4 is 0 Å². The molecule has 0 aliphatic heterocycles. The molecule has 6 nitrogen and oxygen atoms in total. The topological polar surface area (TPSA) is 101 Å². The Hall–Kier alpha value is -0.530. The van der Waals surface area contributed by atoms with Crippen molar-refractivity contribution in [2.75, 3.05) is 46.6 Å². The molecule has 0 saturated heterocycles. The van der Waals surface area contributed by atoms with Crippen LogP contribution in [0.25, 0.3) is 0 Å². The summed E-state index contributed by atoms with van der Waals surface area (Å²) in [5.74, 6) is 0.167. The van der Waals surface area contributed by atoms with Crippen LogP contribution in [-0.4, -0.2) is 77.7 Å². The van der Waals surface area contributed by atoms with Gasteiger partial charge in [-0.15, -0.1) is 0 Å². The van der Waals surface area contributed by atoms with E-state index in [9.17, 15) is 4.79 Å². The van der Waals surface area contributed by atoms with Gasteiger partial charge in [-0.2, -0.15) is 0 Å². The van der Waals surface area contributed by atoms with E-state index in [1.54, 1.807) is 4.90 Å². The molecule has 0 spiro atoms. The maximum atomic E-state index is 9.44. The van der Waals surface area contributed by atoms with Crippen LogP contribution in [0.5, 0.6) is 0 Å². The fraction of sp³-hybridized carbons (Fsp3) is 0.900. The summed E-state index contributed by atoms with van der Waals surface area (Å²) in [5, 5.41) is 32.5. The van der Waals surface area contributed by atoms with Crippen molar-refractivity contribution < 1.29 is 25.2 Å². The molecule has 16 heavy (non-hydrogen) atoms. The van der Waals surface area contributed by atoms with Crippen LogP contribution in [0.2, 0.25) is 0 Å². The van der Waals surface area contributed by atoms with E-state index in [0.717, 1.165) is 7.11 Å². The maximum Gasteiger partial charge on any atom is 0.126 e. The predicted octanol–water partition coefficient (Wildman–Crippen LogP) is -1.53. The molecule has 0 fully saturated rings. The summed E-state index contributed by atoms with van der Waals surface area (Å²) in [6.45, 7) is 4.81. The Labute approximate surface area is 97.1 Å². The highest BCUT2D eigenvalue weighted by Gasteiger charge is 2.00. The van der Waals surface area contributed by atoms with Crippen LogP contribution in [0, 0.1) is 0 Å². The van der Waals surface area contributed by atoms with E-state index in [-0.39, 0.29) is 25.6 Å². The van der Waals surface area contributed by atoms with Crippen molar-refractivity contribution in [1.29, 1.82) is 0 Å². The van der Waals surface area contributed by atoms with Crippen LogP contribution >= 0.6 is 0 Å². The summed E-state index contributed by atoms with van der Waals surface area (Å²) in [5.41, 5.74) is 0. The second kappa shape index (κ2) is 20.0. The molecular formula is C10H25NO5. The van der Waals surface area contributed by atoms with Crippen molar-refractivity contribution in [2.45, 2.75) is 13.8 Å². The van der Waals surface area contributed by atoms with Crippen molar-refractivity contribution in [3.63, 3.8) is 0 Å². The minimum absolute atomic E-state index is 0.0694. The lowest BCUT2D eigenvalue weighted by atomic mass is 10.4. The number of carbonyl (C=O) groups is 1. The summed E-state index contributed by atoms with van der Waals surface area (Å²) in [6.07, 6.45) is 0. The standard InChI is InChI=1S/C6H15NO3.C3H6O.CH4O/c8-4-1-7(2-5-9)3-6-10;1-3(2)4;1-2/h8-10H,1-6H2;1-2H3;2H,1H3. The molecule has 0 aliphatic carbocycles. The number of rotatable bonds is 6. The second-order valence-electron chi connectivity index (χ2n) is 2.92. The highest BCUT2D eigenvalue weighted by atomic mass is 16.3. The highest BCUT2D eigenvalue weighted by Crippen LogP contribution is 1.84. The zero-order chi connectivity index (χ0) is 13.4. The van der Waals surface area contributed by atoms with E-state index >= 15 is 0 Å². The van der Waals surface area contributed by atoms with E-state index in [2.05, 4.69) is 0 Å². The molecule has 0 radical (unpaired) electrons. The minimum Gasteiger partial charge on any atom is -0.400 e. The highest BCUT2D eigenvalue weighted by molar-refractivity contribution is 5.72. The van der Waals surface area contributed by atoms with E-state index in [1.807, 2.05) is 0 Å². The molecule has 6 heteroatoms. The number of hydrogen-bond donors (Lipinski definition) is 4. The quantitative estimate of drug-likeness (QED) is 0.448. The number of ketones is 1. The first kappa shape index (κ1) is 20.8. The fourth-order valence-electron chi connectivity index (χ4n) is 0.760. The Morgan fingerprint density at radius 2 is 1.06 bits per heavy atom. The molecule has 0 unspecified atom stereocenters. The zero-order valence-electron chi connectivity index (χ0n) is 10.4. The molecule has 0 aromatic carbocycles. The Kier molecular flexibility index (Phi) is 26.0. The van der Waals surface area contributed by atoms with Gasteiger partial charge in [0.05, 0.1) is 19.8 Å². The first-order chi connectivity index (χ1) is 7.58. The minimum atomic E-state index is 0.0694. The normalized spacial score (nSPS) is 8.75. The SMILES string of the molecule is CC(C)=O.CO.OCCN(CCO)CCO. The van der Waals surface area contributed by atoms with Gasteiger partial charge in [-0.05, 0) is 13.8 Å². The number of Topliss-reactive ketones (excluding diaryl/α,β-unsaturated/α-hetero) is 1. The Morgan fingerprint density at radius 1 is 0.875 bits per heavy atom. The van der Waals surface area contributed by atoms with Gasteiger partial charge < -0.3 is 25.2 Å². The molecule has 0 bridgehead atoms. The molecule has 0 aromatic rings. The summed E-state index contributed by atoms with van der Waals surface area (Å²) >= 11 is 0. The van der Waals surface area contributed by atoms with E-state index < -0.39 is 0 Å². The first-order valence-electron chi connectivity index (χ1n) is 5.05. The molecule has 0 atom stereocenters. The van der Waals surface area contributed by atoms with Crippen molar-refractivity contribution in [3.8, 4) is 0 Å². The Balaban J connectivity index is -0.000000237. The molecule has 100 valence electrons. The van der Waals surface area contributed by atoms with Gasteiger partial charge in [0.1, 0.15) is 5.78 Å². The third-order valence-corrected chi connectivity index (χ3v) is 1.25. The molecule has 0 rings (SSSR count). The number of hydrogen-bond acceptors (Lipinski definition) is 6. The molecule has 0 heterocycles. The monoisotopic (exact) mass is 239 g/mol. The molecule has 0 aliphatic rings. The van der Waals surface area contributed by atoms with Crippen LogP contribution in [0.15, 0.2) is 0 Å². The molecule has 0 saturated carbocycles. The number of carbonyl (C=O) groups excluding carboxylic acids is 1. The second-order valence-corrected chi connectivity index (χ2v) is 2.92. The number of nitrogens with zero attached hydrogens (tertiary/aromatic N) is 1. The van der Waals surface area contributed by atoms with Gasteiger partial charge in [-0.3, -0.25) is 4.90 Å². The van der Waals surface area contributed by atoms with Crippen LogP contribution in [0.3, 0.4) is 0 Å². The fourth-order valence-corrected chi connectivity index (χ4v) is 0.760. The summed E-state index contributed by atoms with van der Waals surface area (Å²) < 4.78 is 0. The third-order valence-electron chi connectivity index (χ3n) is 1.25. The van der Waals surface area contributed by atoms with Gasteiger partial charge in [0, 0.05) is 26.7 Å². The lowest BCUT2D eigenvalue weighted by Crippen LogP contribution is -2.32. The van der Waals surface area contributed by atoms with Gasteiger partial charge in [0.2, 0.25) is 0 Å². The van der Waals surface area contributed by atoms with Crippen LogP contribution in [-0.2, 0) is 4.79 Å². The number of aliphatic hydroxyl groups is 4. The smallest absolute Gasteiger partial charge is 0.126 e. The largest absolute Gasteiger partial charge is 0.400 e. The van der Waals surface area contributed by atoms with Gasteiger partial charge in [0.25, 0.3) is 0 Å². The molecular weight excluding hydrogens is 214 g/mol. The Bertz CT molecular complexity index is 114. The van der Waals surface area contributed by atoms with E-state index in [0.29, 0.717) is 19.6 Å². The van der Waals surface area contributed by atoms with Crippen molar-refractivity contribution in [2.24, 2.45) is 0 Å². The van der Waals surface area contributed by atoms with Crippen LogP contribution in [0.1, 0.15) is 13.8 Å². The van der Waals surface area contributed by atoms with Crippen molar-refractivity contribution in [1.82, 2.24) is 4.90 Å². The lowest BCUT2D eigenvalue weighted by Gasteiger charge is -2.17.